The highest BCUT2D eigenvalue weighted by atomic mass is 17.2. The van der Waals surface area contributed by atoms with Crippen LogP contribution in [-0.4, -0.2) is 18.2 Å². The van der Waals surface area contributed by atoms with Gasteiger partial charge in [-0.3, -0.25) is 4.79 Å². The fraction of sp³-hybridized carbons (Fsp3) is 0.611. The Morgan fingerprint density at radius 1 is 1.22 bits per heavy atom. The summed E-state index contributed by atoms with van der Waals surface area (Å²) < 4.78 is 4.83. The standard InChI is InChI=1S/C18H26O5/c1-11(2)12-8-9-13-14(10-12)17(5,6)22-23-18(13,20)16(3,4)15(19)21-7/h8-11,20H,1-7H3. The lowest BCUT2D eigenvalue weighted by molar-refractivity contribution is -0.496. The van der Waals surface area contributed by atoms with E-state index in [2.05, 4.69) is 13.8 Å². The number of carbonyl (C=O) groups is 1. The van der Waals surface area contributed by atoms with Crippen molar-refractivity contribution in [2.75, 3.05) is 7.11 Å². The fourth-order valence-electron chi connectivity index (χ4n) is 2.80. The summed E-state index contributed by atoms with van der Waals surface area (Å²) in [7, 11) is 1.28. The Morgan fingerprint density at radius 2 is 1.83 bits per heavy atom. The first-order valence-corrected chi connectivity index (χ1v) is 7.80. The van der Waals surface area contributed by atoms with Gasteiger partial charge in [-0.05, 0) is 44.7 Å². The predicted octanol–water partition coefficient (Wildman–Crippen LogP) is 3.35. The molecule has 0 fully saturated rings. The van der Waals surface area contributed by atoms with E-state index in [-0.39, 0.29) is 0 Å². The lowest BCUT2D eigenvalue weighted by Crippen LogP contribution is -2.54. The second-order valence-electron chi connectivity index (χ2n) is 7.40. The molecule has 1 aromatic carbocycles. The number of fused-ring (bicyclic) bond motifs is 1. The molecule has 0 amide bonds. The Morgan fingerprint density at radius 3 is 2.35 bits per heavy atom. The topological polar surface area (TPSA) is 65.0 Å². The maximum atomic E-state index is 12.2. The van der Waals surface area contributed by atoms with Crippen molar-refractivity contribution >= 4 is 5.97 Å². The zero-order chi connectivity index (χ0) is 17.6. The van der Waals surface area contributed by atoms with Gasteiger partial charge in [0.1, 0.15) is 11.0 Å². The van der Waals surface area contributed by atoms with Gasteiger partial charge in [0, 0.05) is 5.56 Å². The van der Waals surface area contributed by atoms with E-state index >= 15 is 0 Å². The maximum Gasteiger partial charge on any atom is 0.317 e. The minimum absolute atomic E-state index is 0.334. The number of benzene rings is 1. The summed E-state index contributed by atoms with van der Waals surface area (Å²) in [4.78, 5) is 23.0. The van der Waals surface area contributed by atoms with Crippen LogP contribution in [0.2, 0.25) is 0 Å². The summed E-state index contributed by atoms with van der Waals surface area (Å²) in [6, 6.07) is 5.74. The molecular weight excluding hydrogens is 296 g/mol. The highest BCUT2D eigenvalue weighted by Crippen LogP contribution is 2.50. The number of esters is 1. The molecule has 5 nitrogen and oxygen atoms in total. The minimum Gasteiger partial charge on any atom is -0.468 e. The van der Waals surface area contributed by atoms with Gasteiger partial charge in [-0.15, -0.1) is 0 Å². The zero-order valence-electron chi connectivity index (χ0n) is 14.9. The van der Waals surface area contributed by atoms with E-state index in [0.29, 0.717) is 11.5 Å². The molecule has 128 valence electrons. The normalized spacial score (nSPS) is 23.5. The van der Waals surface area contributed by atoms with Gasteiger partial charge >= 0.3 is 5.97 Å². The number of ether oxygens (including phenoxy) is 1. The monoisotopic (exact) mass is 322 g/mol. The van der Waals surface area contributed by atoms with Crippen molar-refractivity contribution in [3.05, 3.63) is 34.9 Å². The molecule has 2 rings (SSSR count). The van der Waals surface area contributed by atoms with Gasteiger partial charge in [0.15, 0.2) is 0 Å². The first kappa shape index (κ1) is 17.9. The quantitative estimate of drug-likeness (QED) is 0.683. The summed E-state index contributed by atoms with van der Waals surface area (Å²) in [6.45, 7) is 11.1. The van der Waals surface area contributed by atoms with Crippen LogP contribution in [0.5, 0.6) is 0 Å². The Hall–Kier alpha value is -1.43. The Kier molecular flexibility index (Phi) is 4.35. The third-order valence-corrected chi connectivity index (χ3v) is 4.64. The summed E-state index contributed by atoms with van der Waals surface area (Å²) in [5.74, 6) is -2.18. The third-order valence-electron chi connectivity index (χ3n) is 4.64. The maximum absolute atomic E-state index is 12.2. The van der Waals surface area contributed by atoms with Crippen LogP contribution < -0.4 is 0 Å². The summed E-state index contributed by atoms with van der Waals surface area (Å²) in [5, 5.41) is 11.2. The largest absolute Gasteiger partial charge is 0.468 e. The molecule has 0 aliphatic carbocycles. The fourth-order valence-corrected chi connectivity index (χ4v) is 2.80. The number of methoxy groups -OCH3 is 1. The lowest BCUT2D eigenvalue weighted by atomic mass is 9.74. The van der Waals surface area contributed by atoms with E-state index in [0.717, 1.165) is 11.1 Å². The highest BCUT2D eigenvalue weighted by molar-refractivity contribution is 5.77. The van der Waals surface area contributed by atoms with Crippen molar-refractivity contribution in [1.29, 1.82) is 0 Å². The van der Waals surface area contributed by atoms with Crippen molar-refractivity contribution in [1.82, 2.24) is 0 Å². The third kappa shape index (κ3) is 2.67. The SMILES string of the molecule is COC(=O)C(C)(C)C1(O)OOC(C)(C)c2cc(C(C)C)ccc21. The average Bonchev–Trinajstić information content (AvgIpc) is 2.49. The number of aliphatic hydroxyl groups is 1. The zero-order valence-corrected chi connectivity index (χ0v) is 14.9. The second kappa shape index (κ2) is 5.58. The molecule has 0 saturated carbocycles. The number of rotatable bonds is 3. The molecule has 1 aromatic rings. The van der Waals surface area contributed by atoms with Crippen molar-refractivity contribution < 1.29 is 24.4 Å². The van der Waals surface area contributed by atoms with E-state index in [1.54, 1.807) is 19.9 Å². The van der Waals surface area contributed by atoms with Gasteiger partial charge in [0.05, 0.1) is 7.11 Å². The first-order valence-electron chi connectivity index (χ1n) is 7.80. The second-order valence-corrected chi connectivity index (χ2v) is 7.40. The molecule has 23 heavy (non-hydrogen) atoms. The van der Waals surface area contributed by atoms with Gasteiger partial charge < -0.3 is 9.84 Å². The van der Waals surface area contributed by atoms with Crippen LogP contribution in [0.25, 0.3) is 0 Å². The molecule has 5 heteroatoms. The van der Waals surface area contributed by atoms with Gasteiger partial charge in [0.25, 0.3) is 0 Å². The molecule has 1 heterocycles. The number of hydrogen-bond acceptors (Lipinski definition) is 5. The Balaban J connectivity index is 2.67. The molecule has 1 aliphatic rings. The van der Waals surface area contributed by atoms with Crippen molar-refractivity contribution in [2.45, 2.75) is 58.8 Å². The van der Waals surface area contributed by atoms with E-state index in [9.17, 15) is 9.90 Å². The first-order chi connectivity index (χ1) is 10.5. The molecule has 0 aromatic heterocycles. The average molecular weight is 322 g/mol. The summed E-state index contributed by atoms with van der Waals surface area (Å²) in [5.41, 5.74) is 0.369. The molecule has 0 bridgehead atoms. The number of hydrogen-bond donors (Lipinski definition) is 1. The summed E-state index contributed by atoms with van der Waals surface area (Å²) >= 11 is 0. The van der Waals surface area contributed by atoms with E-state index < -0.39 is 22.8 Å². The van der Waals surface area contributed by atoms with Gasteiger partial charge in [-0.25, -0.2) is 4.89 Å². The molecule has 0 saturated heterocycles. The number of carbonyl (C=O) groups excluding carboxylic acids is 1. The van der Waals surface area contributed by atoms with E-state index in [1.807, 2.05) is 26.0 Å². The lowest BCUT2D eigenvalue weighted by Gasteiger charge is -2.46. The van der Waals surface area contributed by atoms with Crippen LogP contribution in [0, 0.1) is 5.41 Å². The molecule has 1 N–H and O–H groups in total. The van der Waals surface area contributed by atoms with Crippen LogP contribution in [0.3, 0.4) is 0 Å². The molecule has 1 aliphatic heterocycles. The molecule has 0 radical (unpaired) electrons. The molecule has 1 unspecified atom stereocenters. The van der Waals surface area contributed by atoms with Gasteiger partial charge in [-0.2, -0.15) is 4.89 Å². The smallest absolute Gasteiger partial charge is 0.317 e. The van der Waals surface area contributed by atoms with E-state index in [4.69, 9.17) is 14.5 Å². The van der Waals surface area contributed by atoms with Crippen molar-refractivity contribution in [2.24, 2.45) is 5.41 Å². The van der Waals surface area contributed by atoms with E-state index in [1.165, 1.54) is 7.11 Å². The van der Waals surface area contributed by atoms with Crippen molar-refractivity contribution in [3.63, 3.8) is 0 Å². The van der Waals surface area contributed by atoms with Crippen LogP contribution in [-0.2, 0) is 30.7 Å². The van der Waals surface area contributed by atoms with Gasteiger partial charge in [-0.1, -0.05) is 32.0 Å². The Labute approximate surface area is 137 Å². The molecule has 1 atom stereocenters. The molecule has 0 spiro atoms. The molecular formula is C18H26O5. The highest BCUT2D eigenvalue weighted by Gasteiger charge is 2.58. The minimum atomic E-state index is -1.93. The van der Waals surface area contributed by atoms with Crippen LogP contribution in [0.4, 0.5) is 0 Å². The summed E-state index contributed by atoms with van der Waals surface area (Å²) in [6.07, 6.45) is 0. The van der Waals surface area contributed by atoms with Crippen LogP contribution in [0.1, 0.15) is 64.2 Å². The van der Waals surface area contributed by atoms with Gasteiger partial charge in [0.2, 0.25) is 5.79 Å². The van der Waals surface area contributed by atoms with Crippen LogP contribution >= 0.6 is 0 Å². The Bertz CT molecular complexity index is 618. The predicted molar refractivity (Wildman–Crippen MR) is 85.4 cm³/mol. The van der Waals surface area contributed by atoms with Crippen molar-refractivity contribution in [3.8, 4) is 0 Å². The van der Waals surface area contributed by atoms with Crippen LogP contribution in [0.15, 0.2) is 18.2 Å².